The van der Waals surface area contributed by atoms with E-state index in [-0.39, 0.29) is 0 Å². The summed E-state index contributed by atoms with van der Waals surface area (Å²) in [5.41, 5.74) is 2.95. The molecule has 0 nitrogen and oxygen atoms in total. The molecule has 0 N–H and O–H groups in total. The molecule has 0 unspecified atom stereocenters. The standard InChI is InChI=1S/C16H37PSi/c1-7-10-13-17(14-11-8-2,15-12-9-3)16-18(4,5)6/h16H,7-15H2,1-6H3. The second-order valence-electron chi connectivity index (χ2n) is 6.95. The SMILES string of the molecule is CCCCP(=C[Si](C)(C)C)(CCCC)CCCC. The summed E-state index contributed by atoms with van der Waals surface area (Å²) in [6.07, 6.45) is 13.2. The molecule has 0 saturated heterocycles. The van der Waals surface area contributed by atoms with Crippen LogP contribution in [0.4, 0.5) is 0 Å². The predicted molar refractivity (Wildman–Crippen MR) is 95.7 cm³/mol. The fourth-order valence-corrected chi connectivity index (χ4v) is 14.4. The summed E-state index contributed by atoms with van der Waals surface area (Å²) < 4.78 is 0. The lowest BCUT2D eigenvalue weighted by Gasteiger charge is -2.30. The summed E-state index contributed by atoms with van der Waals surface area (Å²) in [7, 11) is -1.02. The summed E-state index contributed by atoms with van der Waals surface area (Å²) in [4.78, 5) is 0. The molecule has 0 rings (SSSR count). The van der Waals surface area contributed by atoms with E-state index in [1.165, 1.54) is 38.5 Å². The van der Waals surface area contributed by atoms with Gasteiger partial charge in [0, 0.05) is 0 Å². The molecule has 0 atom stereocenters. The Morgan fingerprint density at radius 2 is 1.06 bits per heavy atom. The smallest absolute Gasteiger partial charge is 0.0688 e. The molecule has 0 aromatic carbocycles. The predicted octanol–water partition coefficient (Wildman–Crippen LogP) is 6.08. The van der Waals surface area contributed by atoms with Crippen LogP contribution in [-0.4, -0.2) is 32.0 Å². The van der Waals surface area contributed by atoms with Crippen molar-refractivity contribution >= 4 is 20.4 Å². The number of hydrogen-bond donors (Lipinski definition) is 0. The van der Waals surface area contributed by atoms with Crippen molar-refractivity contribution < 1.29 is 0 Å². The molecule has 0 aromatic rings. The third kappa shape index (κ3) is 8.59. The first-order valence-corrected chi connectivity index (χ1v) is 14.1. The van der Waals surface area contributed by atoms with E-state index in [2.05, 4.69) is 45.8 Å². The highest BCUT2D eigenvalue weighted by atomic mass is 31.2. The van der Waals surface area contributed by atoms with Crippen molar-refractivity contribution in [3.8, 4) is 0 Å². The number of unbranched alkanes of at least 4 members (excludes halogenated alkanes) is 3. The van der Waals surface area contributed by atoms with Crippen molar-refractivity contribution in [3.63, 3.8) is 0 Å². The molecule has 0 heterocycles. The maximum absolute atomic E-state index is 2.95. The van der Waals surface area contributed by atoms with Gasteiger partial charge in [-0.2, -0.15) is 0 Å². The van der Waals surface area contributed by atoms with E-state index < -0.39 is 15.0 Å². The third-order valence-corrected chi connectivity index (χ3v) is 12.4. The maximum atomic E-state index is 2.95. The van der Waals surface area contributed by atoms with Gasteiger partial charge >= 0.3 is 0 Å². The van der Waals surface area contributed by atoms with E-state index in [0.717, 1.165) is 0 Å². The lowest BCUT2D eigenvalue weighted by Crippen LogP contribution is -2.25. The Morgan fingerprint density at radius 1 is 0.722 bits per heavy atom. The first kappa shape index (κ1) is 18.5. The summed E-state index contributed by atoms with van der Waals surface area (Å²) in [6.45, 7) is 13.9. The third-order valence-electron chi connectivity index (χ3n) is 3.53. The fourth-order valence-electron chi connectivity index (χ4n) is 2.77. The largest absolute Gasteiger partial charge is 0.112 e. The van der Waals surface area contributed by atoms with Gasteiger partial charge in [0.1, 0.15) is 0 Å². The Balaban J connectivity index is 5.04. The average molecular weight is 289 g/mol. The lowest BCUT2D eigenvalue weighted by molar-refractivity contribution is 0.845. The Labute approximate surface area is 118 Å². The first-order valence-electron chi connectivity index (χ1n) is 8.12. The molecule has 0 spiro atoms. The van der Waals surface area contributed by atoms with Crippen molar-refractivity contribution in [3.05, 3.63) is 0 Å². The van der Waals surface area contributed by atoms with Gasteiger partial charge in [0.15, 0.2) is 0 Å². The van der Waals surface area contributed by atoms with Crippen LogP contribution < -0.4 is 0 Å². The van der Waals surface area contributed by atoms with Crippen LogP contribution >= 0.6 is 6.89 Å². The molecule has 110 valence electrons. The van der Waals surface area contributed by atoms with E-state index in [1.807, 2.05) is 0 Å². The molecule has 0 aliphatic rings. The normalized spacial score (nSPS) is 12.8. The van der Waals surface area contributed by atoms with Gasteiger partial charge in [-0.05, 0) is 37.7 Å². The minimum absolute atomic E-state index is 0.731. The molecule has 18 heavy (non-hydrogen) atoms. The second kappa shape index (κ2) is 9.43. The van der Waals surface area contributed by atoms with Crippen molar-refractivity contribution in [2.45, 2.75) is 78.9 Å². The van der Waals surface area contributed by atoms with Crippen LogP contribution in [0.25, 0.3) is 0 Å². The maximum Gasteiger partial charge on any atom is 0.0688 e. The highest BCUT2D eigenvalue weighted by Gasteiger charge is 2.21. The quantitative estimate of drug-likeness (QED) is 0.337. The van der Waals surface area contributed by atoms with Crippen molar-refractivity contribution in [2.75, 3.05) is 18.5 Å². The summed E-state index contributed by atoms with van der Waals surface area (Å²) >= 11 is 0. The minimum atomic E-state index is -1.02. The van der Waals surface area contributed by atoms with E-state index >= 15 is 0 Å². The van der Waals surface area contributed by atoms with Crippen LogP contribution in [0.2, 0.25) is 19.6 Å². The minimum Gasteiger partial charge on any atom is -0.112 e. The van der Waals surface area contributed by atoms with E-state index in [0.29, 0.717) is 0 Å². The van der Waals surface area contributed by atoms with Gasteiger partial charge in [-0.3, -0.25) is 0 Å². The van der Waals surface area contributed by atoms with Gasteiger partial charge in [0.25, 0.3) is 0 Å². The molecule has 0 saturated carbocycles. The number of rotatable bonds is 10. The van der Waals surface area contributed by atoms with Crippen molar-refractivity contribution in [2.24, 2.45) is 0 Å². The summed E-state index contributed by atoms with van der Waals surface area (Å²) in [6, 6.07) is 0. The number of hydrogen-bond acceptors (Lipinski definition) is 0. The fraction of sp³-hybridized carbons (Fsp3) is 0.938. The molecule has 0 radical (unpaired) electrons. The first-order chi connectivity index (χ1) is 8.39. The molecule has 2 heteroatoms. The van der Waals surface area contributed by atoms with Crippen molar-refractivity contribution in [1.29, 1.82) is 0 Å². The molecular formula is C16H37PSi. The van der Waals surface area contributed by atoms with E-state index in [1.54, 1.807) is 18.5 Å². The van der Waals surface area contributed by atoms with Gasteiger partial charge in [0.05, 0.1) is 8.07 Å². The Hall–Kier alpha value is 0.517. The highest BCUT2D eigenvalue weighted by Crippen LogP contribution is 2.50. The summed E-state index contributed by atoms with van der Waals surface area (Å²) in [5.74, 6) is 0. The van der Waals surface area contributed by atoms with E-state index in [9.17, 15) is 0 Å². The molecule has 0 aromatic heterocycles. The molecule has 0 aliphatic heterocycles. The summed E-state index contributed by atoms with van der Waals surface area (Å²) in [5, 5.41) is 0. The lowest BCUT2D eigenvalue weighted by atomic mass is 10.4. The molecule has 0 aliphatic carbocycles. The zero-order valence-electron chi connectivity index (χ0n) is 13.9. The van der Waals surface area contributed by atoms with Gasteiger partial charge in [-0.15, -0.1) is 6.89 Å². The van der Waals surface area contributed by atoms with Crippen LogP contribution in [0.5, 0.6) is 0 Å². The molecule has 0 amide bonds. The highest BCUT2D eigenvalue weighted by molar-refractivity contribution is 7.78. The van der Waals surface area contributed by atoms with Gasteiger partial charge in [-0.25, -0.2) is 0 Å². The van der Waals surface area contributed by atoms with Crippen molar-refractivity contribution in [1.82, 2.24) is 0 Å². The Morgan fingerprint density at radius 3 is 1.28 bits per heavy atom. The Bertz CT molecular complexity index is 222. The van der Waals surface area contributed by atoms with Crippen LogP contribution in [0.1, 0.15) is 59.3 Å². The van der Waals surface area contributed by atoms with Crippen LogP contribution in [-0.2, 0) is 0 Å². The molecule has 0 bridgehead atoms. The second-order valence-corrected chi connectivity index (χ2v) is 16.5. The molecular weight excluding hydrogens is 251 g/mol. The van der Waals surface area contributed by atoms with Crippen LogP contribution in [0.15, 0.2) is 0 Å². The average Bonchev–Trinajstić information content (AvgIpc) is 2.29. The van der Waals surface area contributed by atoms with Gasteiger partial charge < -0.3 is 0 Å². The van der Waals surface area contributed by atoms with Gasteiger partial charge in [-0.1, -0.05) is 65.1 Å². The van der Waals surface area contributed by atoms with Gasteiger partial charge in [0.2, 0.25) is 0 Å². The topological polar surface area (TPSA) is 0 Å². The zero-order valence-corrected chi connectivity index (χ0v) is 15.8. The Kier molecular flexibility index (Phi) is 9.70. The zero-order chi connectivity index (χ0) is 14.1. The monoisotopic (exact) mass is 288 g/mol. The van der Waals surface area contributed by atoms with Crippen LogP contribution in [0.3, 0.4) is 0 Å². The van der Waals surface area contributed by atoms with E-state index in [4.69, 9.17) is 0 Å². The van der Waals surface area contributed by atoms with Crippen LogP contribution in [0, 0.1) is 0 Å². The molecule has 0 fully saturated rings.